The highest BCUT2D eigenvalue weighted by Crippen LogP contribution is 2.29. The molecule has 0 aliphatic carbocycles. The number of nitrogens with one attached hydrogen (secondary N) is 2. The van der Waals surface area contributed by atoms with Crippen molar-refractivity contribution in [1.82, 2.24) is 20.1 Å². The summed E-state index contributed by atoms with van der Waals surface area (Å²) in [5.74, 6) is 1.56. The van der Waals surface area contributed by atoms with Crippen molar-refractivity contribution in [3.05, 3.63) is 78.8 Å². The minimum absolute atomic E-state index is 0.373. The van der Waals surface area contributed by atoms with Gasteiger partial charge in [0.25, 0.3) is 0 Å². The molecule has 2 heterocycles. The number of urea groups is 1. The minimum Gasteiger partial charge on any atom is -0.497 e. The first-order valence-corrected chi connectivity index (χ1v) is 11.3. The molecule has 4 rings (SSSR count). The number of imide groups is 1. The quantitative estimate of drug-likeness (QED) is 0.361. The Kier molecular flexibility index (Phi) is 7.28. The molecule has 3 amide bonds. The van der Waals surface area contributed by atoms with Crippen molar-refractivity contribution in [2.75, 3.05) is 12.4 Å². The van der Waals surface area contributed by atoms with E-state index in [1.807, 2.05) is 41.0 Å². The Morgan fingerprint density at radius 3 is 2.65 bits per heavy atom. The SMILES string of the molecule is COc1cccc(-c2nnc(SC(C)C(=O)NC(=O)Nc3ccccc3)n2Cc2ccco2)c1. The third-order valence-electron chi connectivity index (χ3n) is 4.86. The van der Waals surface area contributed by atoms with Gasteiger partial charge in [0.15, 0.2) is 11.0 Å². The number of rotatable bonds is 8. The second kappa shape index (κ2) is 10.7. The van der Waals surface area contributed by atoms with Crippen molar-refractivity contribution in [3.63, 3.8) is 0 Å². The molecule has 0 radical (unpaired) electrons. The smallest absolute Gasteiger partial charge is 0.325 e. The molecular formula is C24H23N5O4S. The molecule has 4 aromatic rings. The van der Waals surface area contributed by atoms with E-state index in [1.54, 1.807) is 50.6 Å². The van der Waals surface area contributed by atoms with Crippen LogP contribution in [0, 0.1) is 0 Å². The van der Waals surface area contributed by atoms with Gasteiger partial charge in [-0.3, -0.25) is 14.7 Å². The first-order valence-electron chi connectivity index (χ1n) is 10.5. The van der Waals surface area contributed by atoms with Gasteiger partial charge in [-0.15, -0.1) is 10.2 Å². The van der Waals surface area contributed by atoms with Crippen LogP contribution in [-0.2, 0) is 11.3 Å². The number of benzene rings is 2. The zero-order chi connectivity index (χ0) is 23.9. The maximum Gasteiger partial charge on any atom is 0.325 e. The normalized spacial score (nSPS) is 11.6. The van der Waals surface area contributed by atoms with Crippen LogP contribution in [0.25, 0.3) is 11.4 Å². The summed E-state index contributed by atoms with van der Waals surface area (Å²) in [5.41, 5.74) is 1.40. The monoisotopic (exact) mass is 477 g/mol. The Labute approximate surface area is 200 Å². The van der Waals surface area contributed by atoms with E-state index in [4.69, 9.17) is 9.15 Å². The number of aromatic nitrogens is 3. The third-order valence-corrected chi connectivity index (χ3v) is 5.94. The Morgan fingerprint density at radius 1 is 1.09 bits per heavy atom. The Hall–Kier alpha value is -4.05. The number of ether oxygens (including phenoxy) is 1. The van der Waals surface area contributed by atoms with Crippen LogP contribution in [0.15, 0.2) is 82.6 Å². The predicted molar refractivity (Wildman–Crippen MR) is 129 cm³/mol. The van der Waals surface area contributed by atoms with Crippen molar-refractivity contribution in [1.29, 1.82) is 0 Å². The number of furan rings is 1. The molecule has 2 aromatic carbocycles. The summed E-state index contributed by atoms with van der Waals surface area (Å²) in [6, 6.07) is 19.4. The van der Waals surface area contributed by atoms with Gasteiger partial charge in [0.05, 0.1) is 25.2 Å². The van der Waals surface area contributed by atoms with E-state index in [0.717, 1.165) is 5.56 Å². The van der Waals surface area contributed by atoms with Gasteiger partial charge in [0.1, 0.15) is 11.5 Å². The van der Waals surface area contributed by atoms with Crippen molar-refractivity contribution < 1.29 is 18.7 Å². The van der Waals surface area contributed by atoms with E-state index in [0.29, 0.717) is 34.7 Å². The van der Waals surface area contributed by atoms with E-state index in [2.05, 4.69) is 20.8 Å². The summed E-state index contributed by atoms with van der Waals surface area (Å²) in [5, 5.41) is 13.6. The van der Waals surface area contributed by atoms with Gasteiger partial charge < -0.3 is 14.5 Å². The maximum absolute atomic E-state index is 12.7. The van der Waals surface area contributed by atoms with Crippen molar-refractivity contribution >= 4 is 29.4 Å². The number of methoxy groups -OCH3 is 1. The molecule has 0 aliphatic heterocycles. The number of para-hydroxylation sites is 1. The van der Waals surface area contributed by atoms with Crippen LogP contribution >= 0.6 is 11.8 Å². The lowest BCUT2D eigenvalue weighted by atomic mass is 10.2. The Morgan fingerprint density at radius 2 is 1.91 bits per heavy atom. The van der Waals surface area contributed by atoms with E-state index in [9.17, 15) is 9.59 Å². The van der Waals surface area contributed by atoms with Crippen LogP contribution in [0.4, 0.5) is 10.5 Å². The fourth-order valence-electron chi connectivity index (χ4n) is 3.16. The number of anilines is 1. The summed E-state index contributed by atoms with van der Waals surface area (Å²) in [4.78, 5) is 24.8. The molecule has 34 heavy (non-hydrogen) atoms. The first-order chi connectivity index (χ1) is 16.5. The molecule has 2 N–H and O–H groups in total. The van der Waals surface area contributed by atoms with Crippen LogP contribution < -0.4 is 15.4 Å². The Bertz CT molecular complexity index is 1260. The number of thioether (sulfide) groups is 1. The number of carbonyl (C=O) groups is 2. The summed E-state index contributed by atoms with van der Waals surface area (Å²) in [6.07, 6.45) is 1.60. The minimum atomic E-state index is -0.612. The summed E-state index contributed by atoms with van der Waals surface area (Å²) < 4.78 is 12.7. The lowest BCUT2D eigenvalue weighted by molar-refractivity contribution is -0.119. The molecule has 1 unspecified atom stereocenters. The first kappa shape index (κ1) is 23.1. The number of nitrogens with zero attached hydrogens (tertiary/aromatic N) is 3. The standard InChI is InChI=1S/C24H23N5O4S/c1-16(22(30)26-23(31)25-18-9-4-3-5-10-18)34-24-28-27-21(17-8-6-11-19(14-17)32-2)29(24)15-20-12-7-13-33-20/h3-14,16H,15H2,1-2H3,(H2,25,26,30,31). The zero-order valence-electron chi connectivity index (χ0n) is 18.6. The maximum atomic E-state index is 12.7. The lowest BCUT2D eigenvalue weighted by Crippen LogP contribution is -2.39. The van der Waals surface area contributed by atoms with Crippen LogP contribution in [0.2, 0.25) is 0 Å². The van der Waals surface area contributed by atoms with Crippen molar-refractivity contribution in [2.24, 2.45) is 0 Å². The second-order valence-corrected chi connectivity index (χ2v) is 8.58. The van der Waals surface area contributed by atoms with Gasteiger partial charge in [-0.1, -0.05) is 42.1 Å². The summed E-state index contributed by atoms with van der Waals surface area (Å²) in [6.45, 7) is 2.07. The van der Waals surface area contributed by atoms with Gasteiger partial charge in [-0.25, -0.2) is 4.79 Å². The predicted octanol–water partition coefficient (Wildman–Crippen LogP) is 4.42. The van der Waals surface area contributed by atoms with Crippen LogP contribution in [-0.4, -0.2) is 39.1 Å². The highest BCUT2D eigenvalue weighted by Gasteiger charge is 2.23. The van der Waals surface area contributed by atoms with Crippen LogP contribution in [0.5, 0.6) is 5.75 Å². The van der Waals surface area contributed by atoms with Crippen LogP contribution in [0.3, 0.4) is 0 Å². The molecular weight excluding hydrogens is 454 g/mol. The molecule has 0 aliphatic rings. The molecule has 174 valence electrons. The molecule has 0 fully saturated rings. The fraction of sp³-hybridized carbons (Fsp3) is 0.167. The highest BCUT2D eigenvalue weighted by atomic mass is 32.2. The van der Waals surface area contributed by atoms with Gasteiger partial charge >= 0.3 is 6.03 Å². The molecule has 0 spiro atoms. The van der Waals surface area contributed by atoms with E-state index < -0.39 is 17.2 Å². The summed E-state index contributed by atoms with van der Waals surface area (Å²) in [7, 11) is 1.60. The Balaban J connectivity index is 1.51. The molecule has 9 nitrogen and oxygen atoms in total. The van der Waals surface area contributed by atoms with Gasteiger partial charge in [0, 0.05) is 11.3 Å². The lowest BCUT2D eigenvalue weighted by Gasteiger charge is -2.13. The fourth-order valence-corrected chi connectivity index (χ4v) is 4.01. The highest BCUT2D eigenvalue weighted by molar-refractivity contribution is 8.00. The molecule has 1 atom stereocenters. The summed E-state index contributed by atoms with van der Waals surface area (Å²) >= 11 is 1.20. The number of carbonyl (C=O) groups excluding carboxylic acids is 2. The molecule has 10 heteroatoms. The van der Waals surface area contributed by atoms with Gasteiger partial charge in [-0.05, 0) is 43.3 Å². The molecule has 0 bridgehead atoms. The zero-order valence-corrected chi connectivity index (χ0v) is 19.4. The van der Waals surface area contributed by atoms with Crippen molar-refractivity contribution in [2.45, 2.75) is 23.9 Å². The van der Waals surface area contributed by atoms with Crippen LogP contribution in [0.1, 0.15) is 12.7 Å². The number of hydrogen-bond acceptors (Lipinski definition) is 7. The number of amides is 3. The topological polar surface area (TPSA) is 111 Å². The molecule has 2 aromatic heterocycles. The van der Waals surface area contributed by atoms with E-state index >= 15 is 0 Å². The second-order valence-electron chi connectivity index (χ2n) is 7.27. The van der Waals surface area contributed by atoms with E-state index in [1.165, 1.54) is 11.8 Å². The van der Waals surface area contributed by atoms with E-state index in [-0.39, 0.29) is 0 Å². The third kappa shape index (κ3) is 5.65. The largest absolute Gasteiger partial charge is 0.497 e. The average Bonchev–Trinajstić information content (AvgIpc) is 3.50. The van der Waals surface area contributed by atoms with Gasteiger partial charge in [-0.2, -0.15) is 0 Å². The average molecular weight is 478 g/mol. The van der Waals surface area contributed by atoms with Crippen molar-refractivity contribution in [3.8, 4) is 17.1 Å². The van der Waals surface area contributed by atoms with Gasteiger partial charge in [0.2, 0.25) is 5.91 Å². The molecule has 0 saturated heterocycles. The molecule has 0 saturated carbocycles. The number of hydrogen-bond donors (Lipinski definition) is 2.